The summed E-state index contributed by atoms with van der Waals surface area (Å²) in [5, 5.41) is 0. The van der Waals surface area contributed by atoms with Crippen molar-refractivity contribution in [2.24, 2.45) is 23.7 Å². The van der Waals surface area contributed by atoms with E-state index in [1.54, 1.807) is 0 Å². The largest absolute Gasteiger partial charge is 0.301 e. The van der Waals surface area contributed by atoms with Crippen molar-refractivity contribution in [3.63, 3.8) is 0 Å². The van der Waals surface area contributed by atoms with Crippen LogP contribution in [0.25, 0.3) is 0 Å². The van der Waals surface area contributed by atoms with Crippen molar-refractivity contribution in [3.05, 3.63) is 0 Å². The molecule has 0 amide bonds. The molecule has 1 heterocycles. The van der Waals surface area contributed by atoms with Gasteiger partial charge in [0.05, 0.1) is 0 Å². The van der Waals surface area contributed by atoms with Crippen LogP contribution >= 0.6 is 0 Å². The van der Waals surface area contributed by atoms with Crippen LogP contribution < -0.4 is 0 Å². The van der Waals surface area contributed by atoms with Gasteiger partial charge in [-0.15, -0.1) is 0 Å². The lowest BCUT2D eigenvalue weighted by atomic mass is 9.70. The zero-order valence-electron chi connectivity index (χ0n) is 13.0. The molecule has 0 aromatic rings. The summed E-state index contributed by atoms with van der Waals surface area (Å²) in [5.41, 5.74) is 0. The zero-order valence-corrected chi connectivity index (χ0v) is 13.0. The Bertz CT molecular complexity index is 204. The number of piperidine rings is 1. The topological polar surface area (TPSA) is 3.24 Å². The quantitative estimate of drug-likeness (QED) is 0.710. The Morgan fingerprint density at radius 2 is 1.22 bits per heavy atom. The van der Waals surface area contributed by atoms with Gasteiger partial charge in [0, 0.05) is 6.04 Å². The van der Waals surface area contributed by atoms with Crippen LogP contribution in [0.15, 0.2) is 0 Å². The molecule has 2 fully saturated rings. The van der Waals surface area contributed by atoms with E-state index in [0.29, 0.717) is 0 Å². The van der Waals surface area contributed by atoms with Gasteiger partial charge in [-0.3, -0.25) is 0 Å². The molecule has 0 unspecified atom stereocenters. The third-order valence-electron chi connectivity index (χ3n) is 5.73. The molecular weight excluding hydrogens is 218 g/mol. The molecule has 2 aliphatic rings. The standard InChI is InChI=1S/C17H33N/c1-13(2)15-5-7-16(8-6-15)17-9-11-18(12-10-17)14(3)4/h13-17H,5-12H2,1-4H3. The Morgan fingerprint density at radius 3 is 1.67 bits per heavy atom. The first-order valence-corrected chi connectivity index (χ1v) is 8.32. The van der Waals surface area contributed by atoms with Gasteiger partial charge in [-0.05, 0) is 89.1 Å². The highest BCUT2D eigenvalue weighted by atomic mass is 15.1. The van der Waals surface area contributed by atoms with Crippen LogP contribution in [0.3, 0.4) is 0 Å². The summed E-state index contributed by atoms with van der Waals surface area (Å²) in [5.74, 6) is 4.05. The molecule has 1 aliphatic carbocycles. The van der Waals surface area contributed by atoms with E-state index in [1.807, 2.05) is 0 Å². The van der Waals surface area contributed by atoms with Crippen molar-refractivity contribution < 1.29 is 0 Å². The van der Waals surface area contributed by atoms with E-state index in [0.717, 1.165) is 29.7 Å². The van der Waals surface area contributed by atoms with Crippen LogP contribution in [0.4, 0.5) is 0 Å². The minimum atomic E-state index is 0.752. The molecular formula is C17H33N. The van der Waals surface area contributed by atoms with Crippen molar-refractivity contribution >= 4 is 0 Å². The molecule has 0 spiro atoms. The summed E-state index contributed by atoms with van der Waals surface area (Å²) in [4.78, 5) is 2.66. The van der Waals surface area contributed by atoms with Crippen LogP contribution in [-0.4, -0.2) is 24.0 Å². The highest BCUT2D eigenvalue weighted by Gasteiger charge is 2.31. The van der Waals surface area contributed by atoms with E-state index in [2.05, 4.69) is 32.6 Å². The Kier molecular flexibility index (Phi) is 5.12. The van der Waals surface area contributed by atoms with Gasteiger partial charge in [0.15, 0.2) is 0 Å². The molecule has 0 bridgehead atoms. The van der Waals surface area contributed by atoms with Crippen LogP contribution in [0.1, 0.15) is 66.2 Å². The molecule has 0 N–H and O–H groups in total. The fourth-order valence-corrected chi connectivity index (χ4v) is 4.19. The van der Waals surface area contributed by atoms with Crippen molar-refractivity contribution in [3.8, 4) is 0 Å². The van der Waals surface area contributed by atoms with E-state index >= 15 is 0 Å². The monoisotopic (exact) mass is 251 g/mol. The van der Waals surface area contributed by atoms with Crippen LogP contribution in [0.2, 0.25) is 0 Å². The second kappa shape index (κ2) is 6.41. The van der Waals surface area contributed by atoms with E-state index in [4.69, 9.17) is 0 Å². The average molecular weight is 251 g/mol. The molecule has 18 heavy (non-hydrogen) atoms. The van der Waals surface area contributed by atoms with E-state index in [9.17, 15) is 0 Å². The summed E-state index contributed by atoms with van der Waals surface area (Å²) < 4.78 is 0. The number of hydrogen-bond donors (Lipinski definition) is 0. The molecule has 0 atom stereocenters. The maximum absolute atomic E-state index is 2.66. The van der Waals surface area contributed by atoms with E-state index < -0.39 is 0 Å². The Morgan fingerprint density at radius 1 is 0.722 bits per heavy atom. The molecule has 1 saturated carbocycles. The number of likely N-dealkylation sites (tertiary alicyclic amines) is 1. The predicted octanol–water partition coefficient (Wildman–Crippen LogP) is 4.57. The summed E-state index contributed by atoms with van der Waals surface area (Å²) in [6.45, 7) is 12.2. The predicted molar refractivity (Wildman–Crippen MR) is 79.7 cm³/mol. The van der Waals surface area contributed by atoms with Gasteiger partial charge in [0.1, 0.15) is 0 Å². The smallest absolute Gasteiger partial charge is 0.00385 e. The SMILES string of the molecule is CC(C)C1CCC(C2CCN(C(C)C)CC2)CC1. The van der Waals surface area contributed by atoms with Gasteiger partial charge >= 0.3 is 0 Å². The van der Waals surface area contributed by atoms with Gasteiger partial charge < -0.3 is 4.90 Å². The first-order valence-electron chi connectivity index (χ1n) is 8.32. The van der Waals surface area contributed by atoms with Gasteiger partial charge in [-0.25, -0.2) is 0 Å². The van der Waals surface area contributed by atoms with Crippen molar-refractivity contribution in [2.75, 3.05) is 13.1 Å². The minimum absolute atomic E-state index is 0.752. The second-order valence-corrected chi connectivity index (χ2v) is 7.39. The fourth-order valence-electron chi connectivity index (χ4n) is 4.19. The summed E-state index contributed by atoms with van der Waals surface area (Å²) >= 11 is 0. The van der Waals surface area contributed by atoms with Gasteiger partial charge in [-0.1, -0.05) is 13.8 Å². The molecule has 0 aromatic heterocycles. The number of hydrogen-bond acceptors (Lipinski definition) is 1. The Labute approximate surface area is 114 Å². The zero-order chi connectivity index (χ0) is 13.1. The maximum atomic E-state index is 2.66. The molecule has 2 rings (SSSR count). The van der Waals surface area contributed by atoms with Gasteiger partial charge in [0.2, 0.25) is 0 Å². The molecule has 1 aliphatic heterocycles. The van der Waals surface area contributed by atoms with Crippen molar-refractivity contribution in [1.82, 2.24) is 4.90 Å². The van der Waals surface area contributed by atoms with Crippen molar-refractivity contribution in [2.45, 2.75) is 72.3 Å². The lowest BCUT2D eigenvalue weighted by molar-refractivity contribution is 0.0917. The summed E-state index contributed by atoms with van der Waals surface area (Å²) in [6, 6.07) is 0.752. The Hall–Kier alpha value is -0.0400. The molecule has 106 valence electrons. The van der Waals surface area contributed by atoms with Crippen LogP contribution in [0.5, 0.6) is 0 Å². The summed E-state index contributed by atoms with van der Waals surface area (Å²) in [7, 11) is 0. The fraction of sp³-hybridized carbons (Fsp3) is 1.00. The molecule has 1 saturated heterocycles. The van der Waals surface area contributed by atoms with Gasteiger partial charge in [0.25, 0.3) is 0 Å². The second-order valence-electron chi connectivity index (χ2n) is 7.39. The maximum Gasteiger partial charge on any atom is 0.00385 e. The first-order chi connectivity index (χ1) is 8.58. The number of rotatable bonds is 3. The molecule has 1 heteroatoms. The normalized spacial score (nSPS) is 32.3. The lowest BCUT2D eigenvalue weighted by Gasteiger charge is -2.41. The van der Waals surface area contributed by atoms with Crippen molar-refractivity contribution in [1.29, 1.82) is 0 Å². The first kappa shape index (κ1) is 14.4. The van der Waals surface area contributed by atoms with Crippen LogP contribution in [-0.2, 0) is 0 Å². The lowest BCUT2D eigenvalue weighted by Crippen LogP contribution is -2.40. The minimum Gasteiger partial charge on any atom is -0.301 e. The molecule has 1 nitrogen and oxygen atoms in total. The summed E-state index contributed by atoms with van der Waals surface area (Å²) in [6.07, 6.45) is 8.99. The Balaban J connectivity index is 1.75. The van der Waals surface area contributed by atoms with E-state index in [-0.39, 0.29) is 0 Å². The average Bonchev–Trinajstić information content (AvgIpc) is 2.39. The highest BCUT2D eigenvalue weighted by Crippen LogP contribution is 2.40. The highest BCUT2D eigenvalue weighted by molar-refractivity contribution is 4.83. The third kappa shape index (κ3) is 3.50. The van der Waals surface area contributed by atoms with Gasteiger partial charge in [-0.2, -0.15) is 0 Å². The third-order valence-corrected chi connectivity index (χ3v) is 5.73. The van der Waals surface area contributed by atoms with Crippen LogP contribution in [0, 0.1) is 23.7 Å². The van der Waals surface area contributed by atoms with E-state index in [1.165, 1.54) is 51.6 Å². The molecule has 0 radical (unpaired) electrons. The molecule has 0 aromatic carbocycles. The number of nitrogens with zero attached hydrogens (tertiary/aromatic N) is 1.